The second kappa shape index (κ2) is 7.84. The first-order valence-corrected chi connectivity index (χ1v) is 8.15. The molecule has 1 aromatic heterocycles. The molecule has 0 radical (unpaired) electrons. The van der Waals surface area contributed by atoms with Crippen molar-refractivity contribution in [2.45, 2.75) is 6.61 Å². The number of anilines is 1. The predicted molar refractivity (Wildman–Crippen MR) is 97.5 cm³/mol. The molecule has 0 saturated carbocycles. The normalized spacial score (nSPS) is 10.4. The van der Waals surface area contributed by atoms with Gasteiger partial charge in [0.05, 0.1) is 5.02 Å². The minimum absolute atomic E-state index is 0.0366. The molecule has 0 aliphatic carbocycles. The van der Waals surface area contributed by atoms with Crippen LogP contribution in [0.1, 0.15) is 26.7 Å². The van der Waals surface area contributed by atoms with Crippen LogP contribution in [0.4, 0.5) is 5.69 Å². The summed E-state index contributed by atoms with van der Waals surface area (Å²) < 4.78 is 11.0. The second-order valence-corrected chi connectivity index (χ2v) is 5.88. The van der Waals surface area contributed by atoms with Gasteiger partial charge in [-0.25, -0.2) is 4.79 Å². The zero-order valence-electron chi connectivity index (χ0n) is 13.8. The number of hydrogen-bond acceptors (Lipinski definition) is 5. The fourth-order valence-corrected chi connectivity index (χ4v) is 2.46. The summed E-state index contributed by atoms with van der Waals surface area (Å²) in [5.74, 6) is -1.32. The van der Waals surface area contributed by atoms with Gasteiger partial charge >= 0.3 is 5.97 Å². The van der Waals surface area contributed by atoms with Crippen LogP contribution in [0.3, 0.4) is 0 Å². The largest absolute Gasteiger partial charge is 0.507 e. The number of aromatic hydroxyl groups is 1. The number of amides is 1. The van der Waals surface area contributed by atoms with Gasteiger partial charge in [0, 0.05) is 11.8 Å². The minimum Gasteiger partial charge on any atom is -0.507 e. The monoisotopic (exact) mass is 387 g/mol. The van der Waals surface area contributed by atoms with Gasteiger partial charge in [0.25, 0.3) is 5.91 Å². The molecule has 3 N–H and O–H groups in total. The number of rotatable bonds is 6. The molecule has 0 atom stereocenters. The summed E-state index contributed by atoms with van der Waals surface area (Å²) in [4.78, 5) is 23.1. The average Bonchev–Trinajstić information content (AvgIpc) is 3.10. The Hall–Kier alpha value is -3.45. The summed E-state index contributed by atoms with van der Waals surface area (Å²) in [5.41, 5.74) is -0.0298. The Balaban J connectivity index is 1.64. The number of carboxylic acid groups (broad SMARTS) is 1. The summed E-state index contributed by atoms with van der Waals surface area (Å²) in [6, 6.07) is 13.8. The lowest BCUT2D eigenvalue weighted by atomic mass is 10.2. The molecule has 0 aliphatic heterocycles. The zero-order chi connectivity index (χ0) is 19.4. The van der Waals surface area contributed by atoms with Crippen LogP contribution in [0.2, 0.25) is 5.02 Å². The van der Waals surface area contributed by atoms with E-state index in [1.54, 1.807) is 30.3 Å². The number of phenols is 1. The summed E-state index contributed by atoms with van der Waals surface area (Å²) in [7, 11) is 0. The molecule has 8 heteroatoms. The maximum atomic E-state index is 12.2. The molecule has 27 heavy (non-hydrogen) atoms. The Bertz CT molecular complexity index is 997. The second-order valence-electron chi connectivity index (χ2n) is 5.48. The molecule has 7 nitrogen and oxygen atoms in total. The van der Waals surface area contributed by atoms with Gasteiger partial charge in [-0.15, -0.1) is 0 Å². The standard InChI is InChI=1S/C19H14ClNO6/c20-14-3-1-2-4-16(14)26-10-12-6-8-17(27-12)18(23)21-11-5-7-13(19(24)25)15(22)9-11/h1-9,22H,10H2,(H,21,23)(H,24,25). The number of aromatic carboxylic acids is 1. The summed E-state index contributed by atoms with van der Waals surface area (Å²) >= 11 is 6.00. The van der Waals surface area contributed by atoms with Crippen LogP contribution in [0.15, 0.2) is 59.0 Å². The molecule has 1 heterocycles. The molecule has 0 fully saturated rings. The van der Waals surface area contributed by atoms with Gasteiger partial charge in [-0.3, -0.25) is 4.79 Å². The number of furan rings is 1. The molecular weight excluding hydrogens is 374 g/mol. The van der Waals surface area contributed by atoms with E-state index in [9.17, 15) is 14.7 Å². The van der Waals surface area contributed by atoms with Crippen LogP contribution in [-0.2, 0) is 6.61 Å². The average molecular weight is 388 g/mol. The van der Waals surface area contributed by atoms with Gasteiger partial charge in [0.15, 0.2) is 5.76 Å². The number of para-hydroxylation sites is 1. The third-order valence-corrected chi connectivity index (χ3v) is 3.89. The van der Waals surface area contributed by atoms with Crippen LogP contribution < -0.4 is 10.1 Å². The number of hydrogen-bond donors (Lipinski definition) is 3. The molecule has 0 bridgehead atoms. The van der Waals surface area contributed by atoms with Crippen LogP contribution in [0.25, 0.3) is 0 Å². The van der Waals surface area contributed by atoms with Crippen molar-refractivity contribution >= 4 is 29.2 Å². The summed E-state index contributed by atoms with van der Waals surface area (Å²) in [6.07, 6.45) is 0. The maximum absolute atomic E-state index is 12.2. The van der Waals surface area contributed by atoms with Crippen molar-refractivity contribution in [3.05, 3.63) is 76.7 Å². The van der Waals surface area contributed by atoms with E-state index in [2.05, 4.69) is 5.32 Å². The van der Waals surface area contributed by atoms with Crippen molar-refractivity contribution in [2.24, 2.45) is 0 Å². The van der Waals surface area contributed by atoms with E-state index in [-0.39, 0.29) is 23.6 Å². The topological polar surface area (TPSA) is 109 Å². The smallest absolute Gasteiger partial charge is 0.339 e. The van der Waals surface area contributed by atoms with E-state index in [4.69, 9.17) is 25.9 Å². The number of nitrogens with one attached hydrogen (secondary N) is 1. The van der Waals surface area contributed by atoms with E-state index in [1.165, 1.54) is 18.2 Å². The Labute approximate surface area is 158 Å². The molecule has 0 aliphatic rings. The van der Waals surface area contributed by atoms with Crippen molar-refractivity contribution in [1.29, 1.82) is 0 Å². The fourth-order valence-electron chi connectivity index (χ4n) is 2.27. The zero-order valence-corrected chi connectivity index (χ0v) is 14.6. The fraction of sp³-hybridized carbons (Fsp3) is 0.0526. The highest BCUT2D eigenvalue weighted by atomic mass is 35.5. The highest BCUT2D eigenvalue weighted by Gasteiger charge is 2.15. The summed E-state index contributed by atoms with van der Waals surface area (Å²) in [6.45, 7) is 0.0884. The first-order valence-electron chi connectivity index (χ1n) is 7.78. The number of carboxylic acids is 1. The van der Waals surface area contributed by atoms with Crippen LogP contribution in [0.5, 0.6) is 11.5 Å². The van der Waals surface area contributed by atoms with Gasteiger partial charge in [-0.2, -0.15) is 0 Å². The third kappa shape index (κ3) is 4.39. The van der Waals surface area contributed by atoms with Crippen molar-refractivity contribution in [3.8, 4) is 11.5 Å². The molecule has 138 valence electrons. The lowest BCUT2D eigenvalue weighted by Gasteiger charge is -2.06. The van der Waals surface area contributed by atoms with E-state index in [0.717, 1.165) is 6.07 Å². The Morgan fingerprint density at radius 3 is 2.59 bits per heavy atom. The van der Waals surface area contributed by atoms with E-state index >= 15 is 0 Å². The SMILES string of the molecule is O=C(Nc1ccc(C(=O)O)c(O)c1)c1ccc(COc2ccccc2Cl)o1. The molecule has 1 amide bonds. The van der Waals surface area contributed by atoms with Crippen molar-refractivity contribution in [3.63, 3.8) is 0 Å². The van der Waals surface area contributed by atoms with E-state index in [1.807, 2.05) is 0 Å². The van der Waals surface area contributed by atoms with Gasteiger partial charge in [-0.1, -0.05) is 23.7 Å². The summed E-state index contributed by atoms with van der Waals surface area (Å²) in [5, 5.41) is 21.5. The molecular formula is C19H14ClNO6. The Kier molecular flexibility index (Phi) is 5.33. The molecule has 3 rings (SSSR count). The molecule has 0 spiro atoms. The molecule has 3 aromatic rings. The molecule has 2 aromatic carbocycles. The number of carbonyl (C=O) groups excluding carboxylic acids is 1. The number of benzene rings is 2. The van der Waals surface area contributed by atoms with Crippen LogP contribution >= 0.6 is 11.6 Å². The van der Waals surface area contributed by atoms with Gasteiger partial charge in [-0.05, 0) is 36.4 Å². The maximum Gasteiger partial charge on any atom is 0.339 e. The van der Waals surface area contributed by atoms with Crippen molar-refractivity contribution < 1.29 is 29.0 Å². The molecule has 0 unspecified atom stereocenters. The number of carbonyl (C=O) groups is 2. The predicted octanol–water partition coefficient (Wildman–Crippen LogP) is 4.17. The van der Waals surface area contributed by atoms with Gasteiger partial charge in [0.1, 0.15) is 29.4 Å². The van der Waals surface area contributed by atoms with E-state index < -0.39 is 17.6 Å². The van der Waals surface area contributed by atoms with Crippen molar-refractivity contribution in [2.75, 3.05) is 5.32 Å². The highest BCUT2D eigenvalue weighted by Crippen LogP contribution is 2.25. The number of ether oxygens (including phenoxy) is 1. The Morgan fingerprint density at radius 1 is 1.11 bits per heavy atom. The lowest BCUT2D eigenvalue weighted by molar-refractivity contribution is 0.0693. The van der Waals surface area contributed by atoms with Crippen LogP contribution in [0, 0.1) is 0 Å². The Morgan fingerprint density at radius 2 is 1.89 bits per heavy atom. The van der Waals surface area contributed by atoms with Gasteiger partial charge in [0.2, 0.25) is 0 Å². The number of halogens is 1. The van der Waals surface area contributed by atoms with Gasteiger partial charge < -0.3 is 24.7 Å². The highest BCUT2D eigenvalue weighted by molar-refractivity contribution is 6.32. The molecule has 0 saturated heterocycles. The first kappa shape index (κ1) is 18.3. The minimum atomic E-state index is -1.26. The van der Waals surface area contributed by atoms with Crippen LogP contribution in [-0.4, -0.2) is 22.1 Å². The lowest BCUT2D eigenvalue weighted by Crippen LogP contribution is -2.11. The van der Waals surface area contributed by atoms with Crippen molar-refractivity contribution in [1.82, 2.24) is 0 Å². The first-order chi connectivity index (χ1) is 12.9. The van der Waals surface area contributed by atoms with E-state index in [0.29, 0.717) is 16.5 Å². The quantitative estimate of drug-likeness (QED) is 0.585. The third-order valence-electron chi connectivity index (χ3n) is 3.58.